The highest BCUT2D eigenvalue weighted by atomic mass is 32.2. The van der Waals surface area contributed by atoms with Crippen molar-refractivity contribution in [3.05, 3.63) is 65.9 Å². The van der Waals surface area contributed by atoms with E-state index in [0.717, 1.165) is 28.9 Å². The number of rotatable bonds is 7. The molecule has 1 N–H and O–H groups in total. The monoisotopic (exact) mass is 446 g/mol. The molecule has 2 heterocycles. The van der Waals surface area contributed by atoms with Crippen LogP contribution in [0.3, 0.4) is 0 Å². The van der Waals surface area contributed by atoms with E-state index in [4.69, 9.17) is 0 Å². The Bertz CT molecular complexity index is 1220. The van der Waals surface area contributed by atoms with Crippen LogP contribution < -0.4 is 5.32 Å². The second kappa shape index (κ2) is 9.40. The lowest BCUT2D eigenvalue weighted by molar-refractivity contribution is -0.113. The Balaban J connectivity index is 1.48. The molecule has 0 saturated carbocycles. The lowest BCUT2D eigenvalue weighted by Crippen LogP contribution is -2.14. The number of hydrogen-bond acceptors (Lipinski definition) is 5. The summed E-state index contributed by atoms with van der Waals surface area (Å²) in [5.41, 5.74) is 6.01. The maximum Gasteiger partial charge on any atom is 0.234 e. The van der Waals surface area contributed by atoms with Crippen molar-refractivity contribution in [1.29, 1.82) is 0 Å². The summed E-state index contributed by atoms with van der Waals surface area (Å²) in [6.45, 7) is 4.17. The van der Waals surface area contributed by atoms with Gasteiger partial charge in [0.05, 0.1) is 11.3 Å². The molecular weight excluding hydrogens is 420 g/mol. The third-order valence-corrected chi connectivity index (χ3v) is 6.23. The molecule has 4 aromatic rings. The predicted molar refractivity (Wildman–Crippen MR) is 129 cm³/mol. The molecule has 32 heavy (non-hydrogen) atoms. The zero-order chi connectivity index (χ0) is 22.7. The zero-order valence-electron chi connectivity index (χ0n) is 18.7. The van der Waals surface area contributed by atoms with E-state index in [2.05, 4.69) is 58.7 Å². The number of nitrogens with one attached hydrogen (secondary N) is 1. The van der Waals surface area contributed by atoms with Crippen molar-refractivity contribution >= 4 is 23.4 Å². The SMILES string of the molecule is CCc1ccc(NC(=O)CSc2nnc(-c3cn(C)nc3-c3ccc(C)cc3)n2C)cc1. The topological polar surface area (TPSA) is 77.6 Å². The van der Waals surface area contributed by atoms with Gasteiger partial charge in [0.2, 0.25) is 5.91 Å². The number of hydrogen-bond donors (Lipinski definition) is 1. The molecule has 4 rings (SSSR count). The first-order valence-corrected chi connectivity index (χ1v) is 11.4. The normalized spacial score (nSPS) is 11.0. The first-order chi connectivity index (χ1) is 15.4. The van der Waals surface area contributed by atoms with Crippen molar-refractivity contribution in [2.24, 2.45) is 14.1 Å². The second-order valence-corrected chi connectivity index (χ2v) is 8.63. The Kier molecular flexibility index (Phi) is 6.41. The number of amides is 1. The fourth-order valence-corrected chi connectivity index (χ4v) is 4.11. The van der Waals surface area contributed by atoms with Gasteiger partial charge in [-0.2, -0.15) is 5.10 Å². The van der Waals surface area contributed by atoms with E-state index in [9.17, 15) is 4.79 Å². The number of aryl methyl sites for hydroxylation is 3. The number of benzene rings is 2. The van der Waals surface area contributed by atoms with Crippen LogP contribution in [0.15, 0.2) is 59.9 Å². The molecule has 0 unspecified atom stereocenters. The van der Waals surface area contributed by atoms with Gasteiger partial charge in [-0.25, -0.2) is 0 Å². The summed E-state index contributed by atoms with van der Waals surface area (Å²) < 4.78 is 3.69. The Morgan fingerprint density at radius 3 is 2.44 bits per heavy atom. The van der Waals surface area contributed by atoms with Gasteiger partial charge in [-0.3, -0.25) is 9.48 Å². The van der Waals surface area contributed by atoms with Gasteiger partial charge < -0.3 is 9.88 Å². The lowest BCUT2D eigenvalue weighted by atomic mass is 10.1. The van der Waals surface area contributed by atoms with E-state index in [1.165, 1.54) is 22.9 Å². The van der Waals surface area contributed by atoms with E-state index >= 15 is 0 Å². The molecule has 0 atom stereocenters. The lowest BCUT2D eigenvalue weighted by Gasteiger charge is -2.07. The van der Waals surface area contributed by atoms with Crippen LogP contribution in [0.4, 0.5) is 5.69 Å². The summed E-state index contributed by atoms with van der Waals surface area (Å²) in [5, 5.41) is 16.9. The molecule has 0 aliphatic rings. The van der Waals surface area contributed by atoms with Gasteiger partial charge in [0, 0.05) is 31.5 Å². The number of nitrogens with zero attached hydrogens (tertiary/aromatic N) is 5. The van der Waals surface area contributed by atoms with Crippen molar-refractivity contribution in [2.45, 2.75) is 25.4 Å². The number of carbonyl (C=O) groups excluding carboxylic acids is 1. The van der Waals surface area contributed by atoms with Crippen molar-refractivity contribution in [2.75, 3.05) is 11.1 Å². The minimum atomic E-state index is -0.0782. The Morgan fingerprint density at radius 1 is 1.03 bits per heavy atom. The standard InChI is InChI=1S/C24H26N6OS/c1-5-17-8-12-19(13-9-17)25-21(31)15-32-24-27-26-23(30(24)4)20-14-29(3)28-22(20)18-10-6-16(2)7-11-18/h6-14H,5,15H2,1-4H3,(H,25,31). The first kappa shape index (κ1) is 21.8. The molecule has 0 aliphatic carbocycles. The minimum absolute atomic E-state index is 0.0782. The molecule has 8 heteroatoms. The highest BCUT2D eigenvalue weighted by molar-refractivity contribution is 7.99. The van der Waals surface area contributed by atoms with Gasteiger partial charge in [0.15, 0.2) is 11.0 Å². The maximum absolute atomic E-state index is 12.4. The fourth-order valence-electron chi connectivity index (χ4n) is 3.40. The van der Waals surface area contributed by atoms with Crippen molar-refractivity contribution in [1.82, 2.24) is 24.5 Å². The van der Waals surface area contributed by atoms with Crippen LogP contribution in [0.2, 0.25) is 0 Å². The largest absolute Gasteiger partial charge is 0.325 e. The van der Waals surface area contributed by atoms with Gasteiger partial charge >= 0.3 is 0 Å². The van der Waals surface area contributed by atoms with Gasteiger partial charge in [-0.15, -0.1) is 10.2 Å². The smallest absolute Gasteiger partial charge is 0.234 e. The summed E-state index contributed by atoms with van der Waals surface area (Å²) in [4.78, 5) is 12.4. The molecule has 1 amide bonds. The molecule has 0 fully saturated rings. The van der Waals surface area contributed by atoms with Crippen LogP contribution in [0.1, 0.15) is 18.1 Å². The number of anilines is 1. The van der Waals surface area contributed by atoms with E-state index in [1.807, 2.05) is 49.1 Å². The fraction of sp³-hybridized carbons (Fsp3) is 0.250. The molecule has 2 aromatic heterocycles. The molecule has 7 nitrogen and oxygen atoms in total. The van der Waals surface area contributed by atoms with Crippen molar-refractivity contribution in [3.63, 3.8) is 0 Å². The van der Waals surface area contributed by atoms with E-state index in [0.29, 0.717) is 11.0 Å². The predicted octanol–water partition coefficient (Wildman–Crippen LogP) is 4.48. The van der Waals surface area contributed by atoms with Gasteiger partial charge in [-0.1, -0.05) is 60.6 Å². The first-order valence-electron chi connectivity index (χ1n) is 10.5. The van der Waals surface area contributed by atoms with Gasteiger partial charge in [0.1, 0.15) is 5.69 Å². The summed E-state index contributed by atoms with van der Waals surface area (Å²) in [6, 6.07) is 16.2. The summed E-state index contributed by atoms with van der Waals surface area (Å²) in [5.74, 6) is 0.886. The van der Waals surface area contributed by atoms with Crippen LogP contribution in [0.5, 0.6) is 0 Å². The molecule has 0 aliphatic heterocycles. The van der Waals surface area contributed by atoms with Gasteiger partial charge in [0.25, 0.3) is 0 Å². The van der Waals surface area contributed by atoms with Crippen molar-refractivity contribution < 1.29 is 4.79 Å². The molecular formula is C24H26N6OS. The van der Waals surface area contributed by atoms with Crippen LogP contribution in [0, 0.1) is 6.92 Å². The number of thioether (sulfide) groups is 1. The molecule has 0 radical (unpaired) electrons. The molecule has 0 spiro atoms. The van der Waals surface area contributed by atoms with E-state index in [1.54, 1.807) is 4.68 Å². The van der Waals surface area contributed by atoms with Crippen LogP contribution >= 0.6 is 11.8 Å². The Hall–Kier alpha value is -3.39. The summed E-state index contributed by atoms with van der Waals surface area (Å²) >= 11 is 1.36. The van der Waals surface area contributed by atoms with Crippen LogP contribution in [0.25, 0.3) is 22.6 Å². The average molecular weight is 447 g/mol. The molecule has 0 bridgehead atoms. The number of aromatic nitrogens is 5. The summed E-state index contributed by atoms with van der Waals surface area (Å²) in [6.07, 6.45) is 2.92. The maximum atomic E-state index is 12.4. The van der Waals surface area contributed by atoms with Crippen molar-refractivity contribution in [3.8, 4) is 22.6 Å². The van der Waals surface area contributed by atoms with Crippen LogP contribution in [-0.4, -0.2) is 36.2 Å². The quantitative estimate of drug-likeness (QED) is 0.424. The molecule has 164 valence electrons. The van der Waals surface area contributed by atoms with Gasteiger partial charge in [-0.05, 0) is 31.0 Å². The average Bonchev–Trinajstić information content (AvgIpc) is 3.35. The third kappa shape index (κ3) is 4.75. The van der Waals surface area contributed by atoms with Crippen LogP contribution in [-0.2, 0) is 25.3 Å². The Labute approximate surface area is 191 Å². The Morgan fingerprint density at radius 2 is 1.75 bits per heavy atom. The molecule has 0 saturated heterocycles. The summed E-state index contributed by atoms with van der Waals surface area (Å²) in [7, 11) is 3.80. The van der Waals surface area contributed by atoms with E-state index in [-0.39, 0.29) is 11.7 Å². The zero-order valence-corrected chi connectivity index (χ0v) is 19.5. The number of carbonyl (C=O) groups is 1. The minimum Gasteiger partial charge on any atom is -0.325 e. The highest BCUT2D eigenvalue weighted by Crippen LogP contribution is 2.31. The molecule has 2 aromatic carbocycles. The van der Waals surface area contributed by atoms with E-state index < -0.39 is 0 Å². The highest BCUT2D eigenvalue weighted by Gasteiger charge is 2.19. The third-order valence-electron chi connectivity index (χ3n) is 5.21. The second-order valence-electron chi connectivity index (χ2n) is 7.68.